The van der Waals surface area contributed by atoms with Crippen molar-refractivity contribution in [2.45, 2.75) is 19.4 Å². The third-order valence-electron chi connectivity index (χ3n) is 2.71. The highest BCUT2D eigenvalue weighted by molar-refractivity contribution is 6.61. The second kappa shape index (κ2) is 10.1. The molecule has 0 saturated carbocycles. The van der Waals surface area contributed by atoms with E-state index < -0.39 is 18.6 Å². The van der Waals surface area contributed by atoms with Crippen molar-refractivity contribution >= 4 is 23.8 Å². The van der Waals surface area contributed by atoms with E-state index in [1.54, 1.807) is 27.2 Å². The SMILES string of the molecule is C=CC(C)[SiH](O)O.CO[SiH](OC)c1ccccc1C. The summed E-state index contributed by atoms with van der Waals surface area (Å²) in [5, 5.41) is 1.22. The summed E-state index contributed by atoms with van der Waals surface area (Å²) in [7, 11) is -0.570. The molecule has 1 aromatic rings. The summed E-state index contributed by atoms with van der Waals surface area (Å²) in [6, 6.07) is 8.18. The van der Waals surface area contributed by atoms with Gasteiger partial charge in [-0.1, -0.05) is 37.3 Å². The predicted octanol–water partition coefficient (Wildman–Crippen LogP) is 0.483. The largest absolute Gasteiger partial charge is 0.413 e. The molecular formula is C13H24O4Si2. The maximum atomic E-state index is 8.44. The van der Waals surface area contributed by atoms with E-state index in [4.69, 9.17) is 18.4 Å². The third-order valence-corrected chi connectivity index (χ3v) is 5.94. The first-order valence-corrected chi connectivity index (χ1v) is 9.29. The molecule has 0 bridgehead atoms. The van der Waals surface area contributed by atoms with Crippen LogP contribution in [0.3, 0.4) is 0 Å². The molecule has 2 N–H and O–H groups in total. The van der Waals surface area contributed by atoms with Crippen LogP contribution in [0.4, 0.5) is 0 Å². The van der Waals surface area contributed by atoms with Gasteiger partial charge in [-0.2, -0.15) is 0 Å². The zero-order valence-corrected chi connectivity index (χ0v) is 14.3. The summed E-state index contributed by atoms with van der Waals surface area (Å²) in [4.78, 5) is 16.9. The second-order valence-corrected chi connectivity index (χ2v) is 8.28. The van der Waals surface area contributed by atoms with Gasteiger partial charge in [0.25, 0.3) is 0 Å². The lowest BCUT2D eigenvalue weighted by Crippen LogP contribution is -2.36. The van der Waals surface area contributed by atoms with Crippen molar-refractivity contribution < 1.29 is 18.4 Å². The summed E-state index contributed by atoms with van der Waals surface area (Å²) < 4.78 is 10.6. The number of benzene rings is 1. The normalized spacial score (nSPS) is 12.0. The molecule has 0 aliphatic heterocycles. The Morgan fingerprint density at radius 3 is 2.05 bits per heavy atom. The first-order chi connectivity index (χ1) is 8.97. The van der Waals surface area contributed by atoms with E-state index in [2.05, 4.69) is 25.6 Å². The summed E-state index contributed by atoms with van der Waals surface area (Å²) in [6.07, 6.45) is 1.55. The molecule has 1 unspecified atom stereocenters. The van der Waals surface area contributed by atoms with Crippen LogP contribution in [0.5, 0.6) is 0 Å². The van der Waals surface area contributed by atoms with Crippen LogP contribution >= 0.6 is 0 Å². The molecule has 0 saturated heterocycles. The van der Waals surface area contributed by atoms with Gasteiger partial charge in [0.1, 0.15) is 0 Å². The van der Waals surface area contributed by atoms with Crippen molar-refractivity contribution in [3.8, 4) is 0 Å². The van der Waals surface area contributed by atoms with Crippen molar-refractivity contribution in [2.24, 2.45) is 0 Å². The molecule has 1 atom stereocenters. The second-order valence-electron chi connectivity index (χ2n) is 4.17. The van der Waals surface area contributed by atoms with Crippen LogP contribution in [0.2, 0.25) is 5.54 Å². The Morgan fingerprint density at radius 2 is 1.74 bits per heavy atom. The molecule has 0 spiro atoms. The lowest BCUT2D eigenvalue weighted by atomic mass is 10.2. The number of hydrogen-bond donors (Lipinski definition) is 2. The van der Waals surface area contributed by atoms with E-state index in [1.165, 1.54) is 10.8 Å². The average Bonchev–Trinajstić information content (AvgIpc) is 2.42. The number of allylic oxidation sites excluding steroid dienone is 1. The van der Waals surface area contributed by atoms with Gasteiger partial charge in [-0.3, -0.25) is 0 Å². The quantitative estimate of drug-likeness (QED) is 0.613. The van der Waals surface area contributed by atoms with Crippen molar-refractivity contribution in [3.63, 3.8) is 0 Å². The molecule has 0 amide bonds. The Balaban J connectivity index is 0.000000399. The number of rotatable bonds is 5. The van der Waals surface area contributed by atoms with Gasteiger partial charge in [0.2, 0.25) is 0 Å². The Bertz CT molecular complexity index is 367. The number of aryl methyl sites for hydroxylation is 1. The fourth-order valence-electron chi connectivity index (χ4n) is 1.32. The zero-order valence-electron chi connectivity index (χ0n) is 12.0. The van der Waals surface area contributed by atoms with Crippen LogP contribution in [-0.2, 0) is 8.85 Å². The smallest absolute Gasteiger partial charge is 0.355 e. The molecule has 19 heavy (non-hydrogen) atoms. The molecule has 6 heteroatoms. The minimum atomic E-state index is -2.38. The van der Waals surface area contributed by atoms with Crippen molar-refractivity contribution in [1.29, 1.82) is 0 Å². The van der Waals surface area contributed by atoms with Crippen LogP contribution in [0.15, 0.2) is 36.9 Å². The monoisotopic (exact) mass is 300 g/mol. The fraction of sp³-hybridized carbons (Fsp3) is 0.385. The summed E-state index contributed by atoms with van der Waals surface area (Å²) >= 11 is 0. The van der Waals surface area contributed by atoms with Gasteiger partial charge < -0.3 is 18.4 Å². The molecule has 0 fully saturated rings. The van der Waals surface area contributed by atoms with E-state index in [0.29, 0.717) is 0 Å². The average molecular weight is 301 g/mol. The van der Waals surface area contributed by atoms with Crippen LogP contribution < -0.4 is 5.19 Å². The van der Waals surface area contributed by atoms with E-state index >= 15 is 0 Å². The standard InChI is InChI=1S/C9H14O2Si.C4H10O2Si/c1-8-6-4-5-7-9(8)12(10-2)11-3;1-3-4(2)7(5)6/h4-7,12H,1-3H3;3-7H,1H2,2H3. The van der Waals surface area contributed by atoms with Crippen molar-refractivity contribution in [1.82, 2.24) is 0 Å². The van der Waals surface area contributed by atoms with Crippen molar-refractivity contribution in [3.05, 3.63) is 42.5 Å². The summed E-state index contributed by atoms with van der Waals surface area (Å²) in [5.41, 5.74) is 1.16. The molecule has 108 valence electrons. The highest BCUT2D eigenvalue weighted by Gasteiger charge is 2.14. The summed E-state index contributed by atoms with van der Waals surface area (Å²) in [6.45, 7) is 7.21. The molecule has 0 aromatic heterocycles. The van der Waals surface area contributed by atoms with Gasteiger partial charge in [-0.25, -0.2) is 0 Å². The maximum absolute atomic E-state index is 8.44. The Labute approximate surface area is 119 Å². The van der Waals surface area contributed by atoms with Gasteiger partial charge in [-0.15, -0.1) is 6.58 Å². The lowest BCUT2D eigenvalue weighted by molar-refractivity contribution is 0.292. The first kappa shape index (κ1) is 18.2. The van der Waals surface area contributed by atoms with Crippen molar-refractivity contribution in [2.75, 3.05) is 14.2 Å². The van der Waals surface area contributed by atoms with Crippen LogP contribution in [0.1, 0.15) is 12.5 Å². The van der Waals surface area contributed by atoms with Gasteiger partial charge in [-0.05, 0) is 17.7 Å². The lowest BCUT2D eigenvalue weighted by Gasteiger charge is -2.12. The van der Waals surface area contributed by atoms with Crippen LogP contribution in [0.25, 0.3) is 0 Å². The molecule has 4 nitrogen and oxygen atoms in total. The topological polar surface area (TPSA) is 58.9 Å². The van der Waals surface area contributed by atoms with Gasteiger partial charge in [0.15, 0.2) is 0 Å². The summed E-state index contributed by atoms with van der Waals surface area (Å²) in [5.74, 6) is 0. The van der Waals surface area contributed by atoms with E-state index in [1.807, 2.05) is 12.1 Å². The van der Waals surface area contributed by atoms with Gasteiger partial charge >= 0.3 is 18.6 Å². The Hall–Kier alpha value is -0.766. The molecule has 0 aliphatic carbocycles. The van der Waals surface area contributed by atoms with Gasteiger partial charge in [0.05, 0.1) is 0 Å². The minimum absolute atomic E-state index is 0.0833. The zero-order chi connectivity index (χ0) is 14.8. The molecule has 0 heterocycles. The predicted molar refractivity (Wildman–Crippen MR) is 83.2 cm³/mol. The molecule has 1 aromatic carbocycles. The molecule has 0 radical (unpaired) electrons. The van der Waals surface area contributed by atoms with Gasteiger partial charge in [0, 0.05) is 19.8 Å². The van der Waals surface area contributed by atoms with E-state index in [-0.39, 0.29) is 5.54 Å². The van der Waals surface area contributed by atoms with Crippen LogP contribution in [0, 0.1) is 6.92 Å². The van der Waals surface area contributed by atoms with Crippen LogP contribution in [-0.4, -0.2) is 42.4 Å². The van der Waals surface area contributed by atoms with E-state index in [9.17, 15) is 0 Å². The Kier molecular flexibility index (Phi) is 9.67. The maximum Gasteiger partial charge on any atom is 0.355 e. The number of hydrogen-bond acceptors (Lipinski definition) is 4. The molecule has 0 aliphatic rings. The Morgan fingerprint density at radius 1 is 1.21 bits per heavy atom. The first-order valence-electron chi connectivity index (χ1n) is 6.07. The highest BCUT2D eigenvalue weighted by atomic mass is 28.3. The minimum Gasteiger partial charge on any atom is -0.413 e. The molecular weight excluding hydrogens is 276 g/mol. The van der Waals surface area contributed by atoms with E-state index in [0.717, 1.165) is 0 Å². The third kappa shape index (κ3) is 6.81. The highest BCUT2D eigenvalue weighted by Crippen LogP contribution is 2.03. The fourth-order valence-corrected chi connectivity index (χ4v) is 3.00. The molecule has 1 rings (SSSR count).